The molecule has 0 saturated carbocycles. The summed E-state index contributed by atoms with van der Waals surface area (Å²) in [5, 5.41) is 8.83. The standard InChI is InChI=1S/C19H22N2O4/c22-19(23)9-13-21-12-1-2-15(21)14-24-16-3-5-17(6-4-16)25-18-7-10-20-11-8-18/h3-8,10-11,15H,1-2,9,12-14H2,(H,22,23). The molecular weight excluding hydrogens is 320 g/mol. The Morgan fingerprint density at radius 2 is 1.80 bits per heavy atom. The lowest BCUT2D eigenvalue weighted by molar-refractivity contribution is -0.137. The average molecular weight is 342 g/mol. The van der Waals surface area contributed by atoms with E-state index in [1.165, 1.54) is 0 Å². The number of pyridine rings is 1. The van der Waals surface area contributed by atoms with Crippen LogP contribution in [0, 0.1) is 0 Å². The summed E-state index contributed by atoms with van der Waals surface area (Å²) in [4.78, 5) is 16.9. The van der Waals surface area contributed by atoms with Crippen LogP contribution in [0.3, 0.4) is 0 Å². The van der Waals surface area contributed by atoms with Gasteiger partial charge in [0, 0.05) is 25.0 Å². The van der Waals surface area contributed by atoms with Crippen LogP contribution in [0.5, 0.6) is 17.2 Å². The van der Waals surface area contributed by atoms with Crippen LogP contribution in [-0.4, -0.2) is 46.7 Å². The zero-order valence-corrected chi connectivity index (χ0v) is 14.0. The average Bonchev–Trinajstić information content (AvgIpc) is 3.08. The number of hydrogen-bond acceptors (Lipinski definition) is 5. The molecule has 1 atom stereocenters. The van der Waals surface area contributed by atoms with Gasteiger partial charge in [-0.25, -0.2) is 0 Å². The monoisotopic (exact) mass is 342 g/mol. The molecule has 0 aliphatic carbocycles. The molecule has 6 heteroatoms. The highest BCUT2D eigenvalue weighted by Crippen LogP contribution is 2.24. The van der Waals surface area contributed by atoms with Gasteiger partial charge in [-0.1, -0.05) is 0 Å². The SMILES string of the molecule is O=C(O)CCN1CCCC1COc1ccc(Oc2ccncc2)cc1. The van der Waals surface area contributed by atoms with Gasteiger partial charge in [0.15, 0.2) is 0 Å². The number of ether oxygens (including phenoxy) is 2. The van der Waals surface area contributed by atoms with Gasteiger partial charge in [0.1, 0.15) is 23.9 Å². The maximum Gasteiger partial charge on any atom is 0.304 e. The zero-order chi connectivity index (χ0) is 17.5. The van der Waals surface area contributed by atoms with Gasteiger partial charge in [-0.05, 0) is 55.8 Å². The van der Waals surface area contributed by atoms with E-state index in [1.807, 2.05) is 24.3 Å². The van der Waals surface area contributed by atoms with E-state index in [0.717, 1.165) is 36.6 Å². The molecule has 1 aromatic heterocycles. The van der Waals surface area contributed by atoms with Gasteiger partial charge in [0.2, 0.25) is 0 Å². The molecule has 1 aromatic carbocycles. The Morgan fingerprint density at radius 3 is 2.52 bits per heavy atom. The number of carboxylic acids is 1. The van der Waals surface area contributed by atoms with Crippen LogP contribution in [0.15, 0.2) is 48.8 Å². The molecule has 1 unspecified atom stereocenters. The maximum atomic E-state index is 10.7. The molecule has 25 heavy (non-hydrogen) atoms. The first-order chi connectivity index (χ1) is 12.2. The summed E-state index contributed by atoms with van der Waals surface area (Å²) in [6.07, 6.45) is 5.68. The fraction of sp³-hybridized carbons (Fsp3) is 0.368. The highest BCUT2D eigenvalue weighted by atomic mass is 16.5. The minimum atomic E-state index is -0.753. The highest BCUT2D eigenvalue weighted by molar-refractivity contribution is 5.66. The number of carbonyl (C=O) groups is 1. The molecule has 0 amide bonds. The molecule has 1 fully saturated rings. The van der Waals surface area contributed by atoms with E-state index < -0.39 is 5.97 Å². The molecule has 3 rings (SSSR count). The Hall–Kier alpha value is -2.60. The number of carboxylic acid groups (broad SMARTS) is 1. The van der Waals surface area contributed by atoms with E-state index in [4.69, 9.17) is 14.6 Å². The Kier molecular flexibility index (Phi) is 5.85. The van der Waals surface area contributed by atoms with Crippen molar-refractivity contribution >= 4 is 5.97 Å². The van der Waals surface area contributed by atoms with Crippen LogP contribution in [-0.2, 0) is 4.79 Å². The van der Waals surface area contributed by atoms with E-state index in [0.29, 0.717) is 13.2 Å². The number of rotatable bonds is 8. The molecule has 0 bridgehead atoms. The predicted molar refractivity (Wildman–Crippen MR) is 93.1 cm³/mol. The third-order valence-corrected chi connectivity index (χ3v) is 4.26. The van der Waals surface area contributed by atoms with E-state index in [-0.39, 0.29) is 12.5 Å². The Balaban J connectivity index is 1.49. The molecule has 2 aromatic rings. The minimum absolute atomic E-state index is 0.178. The van der Waals surface area contributed by atoms with Crippen molar-refractivity contribution in [2.45, 2.75) is 25.3 Å². The van der Waals surface area contributed by atoms with Gasteiger partial charge < -0.3 is 14.6 Å². The van der Waals surface area contributed by atoms with Crippen molar-refractivity contribution in [1.29, 1.82) is 0 Å². The van der Waals surface area contributed by atoms with Crippen LogP contribution in [0.25, 0.3) is 0 Å². The smallest absolute Gasteiger partial charge is 0.304 e. The van der Waals surface area contributed by atoms with Gasteiger partial charge in [-0.3, -0.25) is 14.7 Å². The number of aromatic nitrogens is 1. The summed E-state index contributed by atoms with van der Waals surface area (Å²) < 4.78 is 11.6. The van der Waals surface area contributed by atoms with E-state index in [2.05, 4.69) is 9.88 Å². The van der Waals surface area contributed by atoms with Gasteiger partial charge in [0.25, 0.3) is 0 Å². The first-order valence-corrected chi connectivity index (χ1v) is 8.47. The summed E-state index contributed by atoms with van der Waals surface area (Å²) >= 11 is 0. The lowest BCUT2D eigenvalue weighted by atomic mass is 10.2. The van der Waals surface area contributed by atoms with Crippen LogP contribution >= 0.6 is 0 Å². The molecule has 6 nitrogen and oxygen atoms in total. The van der Waals surface area contributed by atoms with Crippen molar-refractivity contribution in [3.8, 4) is 17.2 Å². The van der Waals surface area contributed by atoms with Crippen LogP contribution in [0.1, 0.15) is 19.3 Å². The van der Waals surface area contributed by atoms with Crippen molar-refractivity contribution in [3.05, 3.63) is 48.8 Å². The summed E-state index contributed by atoms with van der Waals surface area (Å²) in [6.45, 7) is 2.10. The Bertz CT molecular complexity index is 676. The molecule has 2 heterocycles. The third kappa shape index (κ3) is 5.19. The van der Waals surface area contributed by atoms with Gasteiger partial charge in [0.05, 0.1) is 6.42 Å². The van der Waals surface area contributed by atoms with Gasteiger partial charge >= 0.3 is 5.97 Å². The summed E-state index contributed by atoms with van der Waals surface area (Å²) in [7, 11) is 0. The van der Waals surface area contributed by atoms with E-state index >= 15 is 0 Å². The summed E-state index contributed by atoms with van der Waals surface area (Å²) in [5.41, 5.74) is 0. The topological polar surface area (TPSA) is 71.9 Å². The second kappa shape index (κ2) is 8.48. The first kappa shape index (κ1) is 17.2. The van der Waals surface area contributed by atoms with E-state index in [1.54, 1.807) is 24.5 Å². The lowest BCUT2D eigenvalue weighted by Crippen LogP contribution is -2.35. The molecule has 132 valence electrons. The minimum Gasteiger partial charge on any atom is -0.492 e. The van der Waals surface area contributed by atoms with Crippen molar-refractivity contribution in [2.24, 2.45) is 0 Å². The molecule has 1 aliphatic heterocycles. The fourth-order valence-corrected chi connectivity index (χ4v) is 2.96. The normalized spacial score (nSPS) is 17.4. The second-order valence-corrected chi connectivity index (χ2v) is 6.04. The van der Waals surface area contributed by atoms with Crippen molar-refractivity contribution in [3.63, 3.8) is 0 Å². The molecular formula is C19H22N2O4. The zero-order valence-electron chi connectivity index (χ0n) is 14.0. The van der Waals surface area contributed by atoms with E-state index in [9.17, 15) is 4.79 Å². The van der Waals surface area contributed by atoms with Gasteiger partial charge in [-0.2, -0.15) is 0 Å². The summed E-state index contributed by atoms with van der Waals surface area (Å²) in [6, 6.07) is 11.4. The summed E-state index contributed by atoms with van der Waals surface area (Å²) in [5.74, 6) is 1.51. The van der Waals surface area contributed by atoms with Crippen molar-refractivity contribution in [2.75, 3.05) is 19.7 Å². The Labute approximate surface area is 147 Å². The molecule has 0 radical (unpaired) electrons. The van der Waals surface area contributed by atoms with Crippen molar-refractivity contribution in [1.82, 2.24) is 9.88 Å². The first-order valence-electron chi connectivity index (χ1n) is 8.47. The molecule has 1 aliphatic rings. The van der Waals surface area contributed by atoms with Crippen molar-refractivity contribution < 1.29 is 19.4 Å². The molecule has 0 spiro atoms. The number of nitrogens with zero attached hydrogens (tertiary/aromatic N) is 2. The predicted octanol–water partition coefficient (Wildman–Crippen LogP) is 3.19. The molecule has 1 saturated heterocycles. The highest BCUT2D eigenvalue weighted by Gasteiger charge is 2.25. The van der Waals surface area contributed by atoms with Crippen LogP contribution in [0.2, 0.25) is 0 Å². The maximum absolute atomic E-state index is 10.7. The second-order valence-electron chi connectivity index (χ2n) is 6.04. The Morgan fingerprint density at radius 1 is 1.12 bits per heavy atom. The third-order valence-electron chi connectivity index (χ3n) is 4.26. The van der Waals surface area contributed by atoms with Gasteiger partial charge in [-0.15, -0.1) is 0 Å². The largest absolute Gasteiger partial charge is 0.492 e. The fourth-order valence-electron chi connectivity index (χ4n) is 2.96. The lowest BCUT2D eigenvalue weighted by Gasteiger charge is -2.23. The number of benzene rings is 1. The van der Waals surface area contributed by atoms with Crippen LogP contribution in [0.4, 0.5) is 0 Å². The number of likely N-dealkylation sites (tertiary alicyclic amines) is 1. The number of hydrogen-bond donors (Lipinski definition) is 1. The number of aliphatic carboxylic acids is 1. The van der Waals surface area contributed by atoms with Crippen LogP contribution < -0.4 is 9.47 Å². The molecule has 1 N–H and O–H groups in total. The quantitative estimate of drug-likeness (QED) is 0.794.